The van der Waals surface area contributed by atoms with Gasteiger partial charge in [0, 0.05) is 11.8 Å². The van der Waals surface area contributed by atoms with Crippen molar-refractivity contribution in [3.05, 3.63) is 70.7 Å². The molecule has 0 spiro atoms. The Morgan fingerprint density at radius 2 is 1.92 bits per heavy atom. The van der Waals surface area contributed by atoms with E-state index >= 15 is 0 Å². The van der Waals surface area contributed by atoms with Crippen molar-refractivity contribution < 1.29 is 18.7 Å². The zero-order valence-electron chi connectivity index (χ0n) is 13.2. The first-order valence-corrected chi connectivity index (χ1v) is 8.21. The number of amides is 1. The third-order valence-corrected chi connectivity index (χ3v) is 3.83. The maximum absolute atomic E-state index is 12.2. The molecular formula is C18H12Cl2N2O4. The summed E-state index contributed by atoms with van der Waals surface area (Å²) in [4.78, 5) is 28.0. The summed E-state index contributed by atoms with van der Waals surface area (Å²) in [5, 5.41) is 2.95. The van der Waals surface area contributed by atoms with Crippen molar-refractivity contribution in [2.45, 2.75) is 0 Å². The lowest BCUT2D eigenvalue weighted by Crippen LogP contribution is -2.21. The summed E-state index contributed by atoms with van der Waals surface area (Å²) in [6.45, 7) is -0.519. The summed E-state index contributed by atoms with van der Waals surface area (Å²) < 4.78 is 10.2. The topological polar surface area (TPSA) is 81.4 Å². The number of esters is 1. The Morgan fingerprint density at radius 1 is 1.15 bits per heavy atom. The summed E-state index contributed by atoms with van der Waals surface area (Å²) in [5.74, 6) is -1.20. The van der Waals surface area contributed by atoms with E-state index in [1.807, 2.05) is 30.3 Å². The van der Waals surface area contributed by atoms with Crippen LogP contribution in [0, 0.1) is 0 Å². The van der Waals surface area contributed by atoms with E-state index in [-0.39, 0.29) is 16.6 Å². The number of rotatable bonds is 5. The van der Waals surface area contributed by atoms with Gasteiger partial charge in [0.05, 0.1) is 16.3 Å². The number of carbonyl (C=O) groups is 2. The molecule has 0 saturated carbocycles. The quantitative estimate of drug-likeness (QED) is 0.651. The van der Waals surface area contributed by atoms with Crippen molar-refractivity contribution in [3.63, 3.8) is 0 Å². The number of nitrogens with one attached hydrogen (secondary N) is 1. The van der Waals surface area contributed by atoms with Crippen molar-refractivity contribution >= 4 is 40.9 Å². The Hall–Kier alpha value is -2.83. The SMILES string of the molecule is O=C(COC(=O)c1occc1-c1ccccc1)Nc1ncc(Cl)cc1Cl. The van der Waals surface area contributed by atoms with Crippen LogP contribution in [0.25, 0.3) is 11.1 Å². The number of hydrogen-bond acceptors (Lipinski definition) is 5. The summed E-state index contributed by atoms with van der Waals surface area (Å²) in [7, 11) is 0. The Morgan fingerprint density at radius 3 is 2.65 bits per heavy atom. The number of furan rings is 1. The Balaban J connectivity index is 1.63. The highest BCUT2D eigenvalue weighted by atomic mass is 35.5. The molecular weight excluding hydrogens is 379 g/mol. The number of hydrogen-bond donors (Lipinski definition) is 1. The Bertz CT molecular complexity index is 941. The molecule has 0 saturated heterocycles. The normalized spacial score (nSPS) is 10.4. The zero-order chi connectivity index (χ0) is 18.5. The molecule has 2 aromatic heterocycles. The minimum Gasteiger partial charge on any atom is -0.457 e. The summed E-state index contributed by atoms with van der Waals surface area (Å²) in [6, 6.07) is 12.3. The predicted octanol–water partition coefficient (Wildman–Crippen LogP) is 4.44. The van der Waals surface area contributed by atoms with Gasteiger partial charge in [0.2, 0.25) is 5.76 Å². The molecule has 0 bridgehead atoms. The van der Waals surface area contributed by atoms with E-state index < -0.39 is 18.5 Å². The summed E-state index contributed by atoms with van der Waals surface area (Å²) in [5.41, 5.74) is 1.38. The van der Waals surface area contributed by atoms with Crippen LogP contribution < -0.4 is 5.32 Å². The molecule has 0 atom stereocenters. The van der Waals surface area contributed by atoms with Crippen molar-refractivity contribution in [3.8, 4) is 11.1 Å². The van der Waals surface area contributed by atoms with Crippen LogP contribution in [0.3, 0.4) is 0 Å². The van der Waals surface area contributed by atoms with Gasteiger partial charge in [-0.3, -0.25) is 4.79 Å². The smallest absolute Gasteiger partial charge is 0.375 e. The average Bonchev–Trinajstić information content (AvgIpc) is 3.13. The van der Waals surface area contributed by atoms with Crippen molar-refractivity contribution in [1.82, 2.24) is 4.98 Å². The molecule has 132 valence electrons. The molecule has 0 aliphatic heterocycles. The van der Waals surface area contributed by atoms with E-state index in [1.54, 1.807) is 6.07 Å². The van der Waals surface area contributed by atoms with Crippen molar-refractivity contribution in [1.29, 1.82) is 0 Å². The summed E-state index contributed by atoms with van der Waals surface area (Å²) >= 11 is 11.7. The number of nitrogens with zero attached hydrogens (tertiary/aromatic N) is 1. The van der Waals surface area contributed by atoms with Gasteiger partial charge in [-0.15, -0.1) is 0 Å². The highest BCUT2D eigenvalue weighted by Crippen LogP contribution is 2.25. The maximum Gasteiger partial charge on any atom is 0.375 e. The Kier molecular flexibility index (Phi) is 5.55. The Labute approximate surface area is 158 Å². The van der Waals surface area contributed by atoms with E-state index in [1.165, 1.54) is 18.5 Å². The van der Waals surface area contributed by atoms with Crippen LogP contribution in [0.15, 0.2) is 59.3 Å². The number of halogens is 2. The minimum atomic E-state index is -0.751. The second kappa shape index (κ2) is 8.03. The molecule has 2 heterocycles. The first-order valence-electron chi connectivity index (χ1n) is 7.45. The monoisotopic (exact) mass is 390 g/mol. The molecule has 26 heavy (non-hydrogen) atoms. The highest BCUT2D eigenvalue weighted by molar-refractivity contribution is 6.36. The van der Waals surface area contributed by atoms with Crippen molar-refractivity contribution in [2.24, 2.45) is 0 Å². The molecule has 3 aromatic rings. The molecule has 0 unspecified atom stereocenters. The molecule has 3 rings (SSSR count). The van der Waals surface area contributed by atoms with E-state index in [0.29, 0.717) is 10.6 Å². The van der Waals surface area contributed by atoms with Gasteiger partial charge < -0.3 is 14.5 Å². The lowest BCUT2D eigenvalue weighted by Gasteiger charge is -2.07. The fraction of sp³-hybridized carbons (Fsp3) is 0.0556. The van der Waals surface area contributed by atoms with Gasteiger partial charge in [-0.25, -0.2) is 9.78 Å². The van der Waals surface area contributed by atoms with Gasteiger partial charge in [0.1, 0.15) is 0 Å². The van der Waals surface area contributed by atoms with Gasteiger partial charge in [-0.05, 0) is 17.7 Å². The van der Waals surface area contributed by atoms with Crippen LogP contribution in [0.4, 0.5) is 5.82 Å². The first-order chi connectivity index (χ1) is 12.5. The van der Waals surface area contributed by atoms with Crippen LogP contribution in [0.2, 0.25) is 10.0 Å². The van der Waals surface area contributed by atoms with E-state index in [0.717, 1.165) is 5.56 Å². The average molecular weight is 391 g/mol. The van der Waals surface area contributed by atoms with Gasteiger partial charge >= 0.3 is 5.97 Å². The number of carbonyl (C=O) groups excluding carboxylic acids is 2. The molecule has 1 aromatic carbocycles. The number of pyridine rings is 1. The fourth-order valence-electron chi connectivity index (χ4n) is 2.18. The lowest BCUT2D eigenvalue weighted by atomic mass is 10.1. The van der Waals surface area contributed by atoms with E-state index in [2.05, 4.69) is 10.3 Å². The molecule has 0 aliphatic rings. The van der Waals surface area contributed by atoms with Crippen LogP contribution in [-0.2, 0) is 9.53 Å². The summed E-state index contributed by atoms with van der Waals surface area (Å²) in [6.07, 6.45) is 2.72. The van der Waals surface area contributed by atoms with Crippen LogP contribution in [0.5, 0.6) is 0 Å². The van der Waals surface area contributed by atoms with Gasteiger partial charge in [-0.1, -0.05) is 53.5 Å². The third kappa shape index (κ3) is 4.22. The highest BCUT2D eigenvalue weighted by Gasteiger charge is 2.19. The second-order valence-electron chi connectivity index (χ2n) is 5.14. The lowest BCUT2D eigenvalue weighted by molar-refractivity contribution is -0.119. The van der Waals surface area contributed by atoms with Crippen LogP contribution in [0.1, 0.15) is 10.6 Å². The number of benzene rings is 1. The molecule has 0 radical (unpaired) electrons. The van der Waals surface area contributed by atoms with Gasteiger partial charge in [0.15, 0.2) is 12.4 Å². The molecule has 6 nitrogen and oxygen atoms in total. The number of ether oxygens (including phenoxy) is 1. The van der Waals surface area contributed by atoms with Crippen molar-refractivity contribution in [2.75, 3.05) is 11.9 Å². The van der Waals surface area contributed by atoms with Crippen LogP contribution >= 0.6 is 23.2 Å². The third-order valence-electron chi connectivity index (χ3n) is 3.34. The minimum absolute atomic E-state index is 0.0200. The number of aromatic nitrogens is 1. The molecule has 1 amide bonds. The molecule has 1 N–H and O–H groups in total. The largest absolute Gasteiger partial charge is 0.457 e. The fourth-order valence-corrected chi connectivity index (χ4v) is 2.61. The van der Waals surface area contributed by atoms with Gasteiger partial charge in [0.25, 0.3) is 5.91 Å². The van der Waals surface area contributed by atoms with Gasteiger partial charge in [-0.2, -0.15) is 0 Å². The molecule has 0 aliphatic carbocycles. The number of anilines is 1. The van der Waals surface area contributed by atoms with E-state index in [9.17, 15) is 9.59 Å². The predicted molar refractivity (Wildman–Crippen MR) is 97.3 cm³/mol. The zero-order valence-corrected chi connectivity index (χ0v) is 14.8. The molecule has 0 fully saturated rings. The van der Waals surface area contributed by atoms with E-state index in [4.69, 9.17) is 32.4 Å². The second-order valence-corrected chi connectivity index (χ2v) is 5.98. The van der Waals surface area contributed by atoms with Crippen LogP contribution in [-0.4, -0.2) is 23.5 Å². The first kappa shape index (κ1) is 18.0. The molecule has 8 heteroatoms. The maximum atomic E-state index is 12.2. The standard InChI is InChI=1S/C18H12Cl2N2O4/c19-12-8-14(20)17(21-9-12)22-15(23)10-26-18(24)16-13(6-7-25-16)11-4-2-1-3-5-11/h1-9H,10H2,(H,21,22,23).